The fourth-order valence-electron chi connectivity index (χ4n) is 2.07. The average Bonchev–Trinajstić information content (AvgIpc) is 2.85. The van der Waals surface area contributed by atoms with Crippen molar-refractivity contribution in [1.29, 1.82) is 0 Å². The SMILES string of the molecule is CC(C)CNC(=O)/C=C/c1cc2cnn(C(C)C)c2[nH]c1=O. The first-order chi connectivity index (χ1) is 10.4. The Morgan fingerprint density at radius 2 is 2.14 bits per heavy atom. The summed E-state index contributed by atoms with van der Waals surface area (Å²) >= 11 is 0. The van der Waals surface area contributed by atoms with E-state index in [0.717, 1.165) is 5.39 Å². The minimum atomic E-state index is -0.234. The number of aromatic amines is 1. The number of carbonyl (C=O) groups excluding carboxylic acids is 1. The van der Waals surface area contributed by atoms with E-state index in [1.165, 1.54) is 12.2 Å². The average molecular weight is 302 g/mol. The van der Waals surface area contributed by atoms with Crippen LogP contribution in [0.1, 0.15) is 39.3 Å². The van der Waals surface area contributed by atoms with Gasteiger partial charge in [0.05, 0.1) is 6.20 Å². The van der Waals surface area contributed by atoms with Crippen LogP contribution in [-0.4, -0.2) is 27.2 Å². The Kier molecular flexibility index (Phi) is 4.80. The minimum Gasteiger partial charge on any atom is -0.352 e. The van der Waals surface area contributed by atoms with E-state index in [9.17, 15) is 9.59 Å². The summed E-state index contributed by atoms with van der Waals surface area (Å²) in [6.45, 7) is 8.65. The number of nitrogens with one attached hydrogen (secondary N) is 2. The molecule has 0 aliphatic rings. The molecule has 0 bridgehead atoms. The lowest BCUT2D eigenvalue weighted by Gasteiger charge is -2.06. The summed E-state index contributed by atoms with van der Waals surface area (Å²) in [5, 5.41) is 7.88. The number of fused-ring (bicyclic) bond motifs is 1. The summed E-state index contributed by atoms with van der Waals surface area (Å²) in [4.78, 5) is 26.6. The van der Waals surface area contributed by atoms with Crippen LogP contribution in [0.3, 0.4) is 0 Å². The smallest absolute Gasteiger partial charge is 0.256 e. The number of nitrogens with zero attached hydrogens (tertiary/aromatic N) is 2. The highest BCUT2D eigenvalue weighted by Gasteiger charge is 2.08. The van der Waals surface area contributed by atoms with E-state index in [4.69, 9.17) is 0 Å². The monoisotopic (exact) mass is 302 g/mol. The van der Waals surface area contributed by atoms with E-state index in [0.29, 0.717) is 23.7 Å². The zero-order valence-corrected chi connectivity index (χ0v) is 13.4. The highest BCUT2D eigenvalue weighted by Crippen LogP contribution is 2.15. The molecule has 0 aliphatic heterocycles. The third kappa shape index (κ3) is 3.63. The van der Waals surface area contributed by atoms with Gasteiger partial charge in [0.15, 0.2) is 0 Å². The van der Waals surface area contributed by atoms with Crippen LogP contribution < -0.4 is 10.9 Å². The molecule has 2 heterocycles. The quantitative estimate of drug-likeness (QED) is 0.830. The van der Waals surface area contributed by atoms with Crippen molar-refractivity contribution < 1.29 is 4.79 Å². The van der Waals surface area contributed by atoms with Crippen molar-refractivity contribution in [3.63, 3.8) is 0 Å². The Morgan fingerprint density at radius 1 is 1.41 bits per heavy atom. The highest BCUT2D eigenvalue weighted by atomic mass is 16.1. The zero-order valence-electron chi connectivity index (χ0n) is 13.4. The number of amides is 1. The van der Waals surface area contributed by atoms with Crippen molar-refractivity contribution in [1.82, 2.24) is 20.1 Å². The predicted molar refractivity (Wildman–Crippen MR) is 87.6 cm³/mol. The second-order valence-corrected chi connectivity index (χ2v) is 6.01. The maximum absolute atomic E-state index is 12.1. The Morgan fingerprint density at radius 3 is 2.77 bits per heavy atom. The molecule has 0 spiro atoms. The molecule has 118 valence electrons. The molecular weight excluding hydrogens is 280 g/mol. The Balaban J connectivity index is 2.24. The fourth-order valence-corrected chi connectivity index (χ4v) is 2.07. The van der Waals surface area contributed by atoms with E-state index < -0.39 is 0 Å². The van der Waals surface area contributed by atoms with E-state index in [1.54, 1.807) is 16.9 Å². The topological polar surface area (TPSA) is 79.8 Å². The lowest BCUT2D eigenvalue weighted by atomic mass is 10.2. The number of aromatic nitrogens is 3. The van der Waals surface area contributed by atoms with Crippen molar-refractivity contribution >= 4 is 23.0 Å². The summed E-state index contributed by atoms with van der Waals surface area (Å²) in [5.41, 5.74) is 0.903. The van der Waals surface area contributed by atoms with Crippen LogP contribution in [0.5, 0.6) is 0 Å². The summed E-state index contributed by atoms with van der Waals surface area (Å²) in [6.07, 6.45) is 4.62. The summed E-state index contributed by atoms with van der Waals surface area (Å²) in [6, 6.07) is 1.91. The molecule has 1 amide bonds. The zero-order chi connectivity index (χ0) is 16.3. The van der Waals surface area contributed by atoms with Gasteiger partial charge in [0.25, 0.3) is 5.56 Å². The number of H-pyrrole nitrogens is 1. The first-order valence-corrected chi connectivity index (χ1v) is 7.45. The van der Waals surface area contributed by atoms with Gasteiger partial charge in [-0.15, -0.1) is 0 Å². The lowest BCUT2D eigenvalue weighted by molar-refractivity contribution is -0.116. The maximum Gasteiger partial charge on any atom is 0.256 e. The van der Waals surface area contributed by atoms with Crippen LogP contribution in [0.25, 0.3) is 17.1 Å². The molecule has 0 saturated carbocycles. The van der Waals surface area contributed by atoms with Crippen LogP contribution in [0, 0.1) is 5.92 Å². The predicted octanol–water partition coefficient (Wildman–Crippen LogP) is 2.09. The largest absolute Gasteiger partial charge is 0.352 e. The summed E-state index contributed by atoms with van der Waals surface area (Å²) in [5.74, 6) is 0.185. The molecule has 2 aromatic rings. The molecule has 0 fully saturated rings. The number of rotatable bonds is 5. The van der Waals surface area contributed by atoms with Crippen molar-refractivity contribution in [2.24, 2.45) is 5.92 Å². The van der Waals surface area contributed by atoms with E-state index in [-0.39, 0.29) is 17.5 Å². The van der Waals surface area contributed by atoms with Gasteiger partial charge in [-0.25, -0.2) is 4.68 Å². The van der Waals surface area contributed by atoms with E-state index in [2.05, 4.69) is 15.4 Å². The molecule has 2 rings (SSSR count). The van der Waals surface area contributed by atoms with Crippen LogP contribution in [-0.2, 0) is 4.79 Å². The highest BCUT2D eigenvalue weighted by molar-refractivity contribution is 5.92. The fraction of sp³-hybridized carbons (Fsp3) is 0.438. The Labute approximate surface area is 129 Å². The molecule has 0 unspecified atom stereocenters. The maximum atomic E-state index is 12.1. The Hall–Kier alpha value is -2.37. The Bertz CT molecular complexity index is 753. The van der Waals surface area contributed by atoms with Gasteiger partial charge in [-0.05, 0) is 31.9 Å². The molecular formula is C16H22N4O2. The van der Waals surface area contributed by atoms with Crippen LogP contribution >= 0.6 is 0 Å². The second-order valence-electron chi connectivity index (χ2n) is 6.01. The molecule has 0 saturated heterocycles. The van der Waals surface area contributed by atoms with Gasteiger partial charge < -0.3 is 10.3 Å². The van der Waals surface area contributed by atoms with Crippen molar-refractivity contribution in [2.75, 3.05) is 6.54 Å². The van der Waals surface area contributed by atoms with Gasteiger partial charge in [0, 0.05) is 29.6 Å². The lowest BCUT2D eigenvalue weighted by Crippen LogP contribution is -2.25. The second kappa shape index (κ2) is 6.60. The standard InChI is InChI=1S/C16H22N4O2/c1-10(2)8-17-14(21)6-5-12-7-13-9-18-20(11(3)4)15(13)19-16(12)22/h5-7,9-11H,8H2,1-4H3,(H,17,21)(H,19,22)/b6-5+. The molecule has 0 atom stereocenters. The number of hydrogen-bond acceptors (Lipinski definition) is 3. The third-order valence-corrected chi connectivity index (χ3v) is 3.22. The molecule has 2 N–H and O–H groups in total. The van der Waals surface area contributed by atoms with Crippen LogP contribution in [0.4, 0.5) is 0 Å². The van der Waals surface area contributed by atoms with Crippen molar-refractivity contribution in [2.45, 2.75) is 33.7 Å². The number of hydrogen-bond donors (Lipinski definition) is 2. The van der Waals surface area contributed by atoms with Crippen molar-refractivity contribution in [3.05, 3.63) is 34.3 Å². The van der Waals surface area contributed by atoms with Gasteiger partial charge in [-0.2, -0.15) is 5.10 Å². The first kappa shape index (κ1) is 16.0. The molecule has 2 aromatic heterocycles. The van der Waals surface area contributed by atoms with Gasteiger partial charge in [0.2, 0.25) is 5.91 Å². The number of carbonyl (C=O) groups is 1. The minimum absolute atomic E-state index is 0.163. The van der Waals surface area contributed by atoms with Gasteiger partial charge >= 0.3 is 0 Å². The van der Waals surface area contributed by atoms with E-state index in [1.807, 2.05) is 27.7 Å². The first-order valence-electron chi connectivity index (χ1n) is 7.45. The molecule has 6 heteroatoms. The summed E-state index contributed by atoms with van der Waals surface area (Å²) in [7, 11) is 0. The molecule has 0 aromatic carbocycles. The third-order valence-electron chi connectivity index (χ3n) is 3.22. The van der Waals surface area contributed by atoms with Gasteiger partial charge in [0.1, 0.15) is 5.65 Å². The van der Waals surface area contributed by atoms with Gasteiger partial charge in [-0.1, -0.05) is 13.8 Å². The van der Waals surface area contributed by atoms with Crippen LogP contribution in [0.15, 0.2) is 23.1 Å². The molecule has 0 aliphatic carbocycles. The molecule has 22 heavy (non-hydrogen) atoms. The number of pyridine rings is 1. The normalized spacial score (nSPS) is 11.9. The van der Waals surface area contributed by atoms with Crippen molar-refractivity contribution in [3.8, 4) is 0 Å². The van der Waals surface area contributed by atoms with Gasteiger partial charge in [-0.3, -0.25) is 9.59 Å². The molecule has 6 nitrogen and oxygen atoms in total. The van der Waals surface area contributed by atoms with E-state index >= 15 is 0 Å². The summed E-state index contributed by atoms with van der Waals surface area (Å²) < 4.78 is 1.76. The van der Waals surface area contributed by atoms with Crippen LogP contribution in [0.2, 0.25) is 0 Å². The molecule has 0 radical (unpaired) electrons.